The van der Waals surface area contributed by atoms with Crippen molar-refractivity contribution >= 4 is 23.2 Å². The molecule has 0 fully saturated rings. The maximum Gasteiger partial charge on any atom is 0.279 e. The van der Waals surface area contributed by atoms with E-state index >= 15 is 0 Å². The van der Waals surface area contributed by atoms with E-state index in [0.29, 0.717) is 24.5 Å². The van der Waals surface area contributed by atoms with Gasteiger partial charge < -0.3 is 20.3 Å². The van der Waals surface area contributed by atoms with E-state index in [9.17, 15) is 9.59 Å². The van der Waals surface area contributed by atoms with Crippen molar-refractivity contribution in [2.75, 3.05) is 30.8 Å². The first-order valence-corrected chi connectivity index (χ1v) is 8.67. The molecule has 2 aromatic carbocycles. The number of anilines is 2. The molecular weight excluding hydrogens is 330 g/mol. The Kier molecular flexibility index (Phi) is 7.17. The van der Waals surface area contributed by atoms with Crippen LogP contribution >= 0.6 is 0 Å². The van der Waals surface area contributed by atoms with Gasteiger partial charge in [0.2, 0.25) is 5.91 Å². The van der Waals surface area contributed by atoms with E-state index in [1.54, 1.807) is 24.3 Å². The summed E-state index contributed by atoms with van der Waals surface area (Å²) in [6.07, 6.45) is 0. The van der Waals surface area contributed by atoms with Crippen molar-refractivity contribution in [2.24, 2.45) is 0 Å². The van der Waals surface area contributed by atoms with E-state index in [-0.39, 0.29) is 11.8 Å². The van der Waals surface area contributed by atoms with Gasteiger partial charge in [-0.25, -0.2) is 0 Å². The zero-order valence-corrected chi connectivity index (χ0v) is 15.5. The lowest BCUT2D eigenvalue weighted by Gasteiger charge is -2.14. The molecule has 6 heteroatoms. The molecule has 0 aliphatic rings. The molecule has 0 radical (unpaired) electrons. The Hall–Kier alpha value is -2.86. The second-order valence-corrected chi connectivity index (χ2v) is 6.19. The molecule has 0 aliphatic heterocycles. The van der Waals surface area contributed by atoms with E-state index in [4.69, 9.17) is 4.74 Å². The molecule has 0 saturated heterocycles. The summed E-state index contributed by atoms with van der Waals surface area (Å²) in [5.41, 5.74) is 2.56. The maximum atomic E-state index is 12.2. The Labute approximate surface area is 154 Å². The summed E-state index contributed by atoms with van der Waals surface area (Å²) < 4.78 is 5.43. The van der Waals surface area contributed by atoms with Crippen LogP contribution in [0.3, 0.4) is 0 Å². The molecule has 0 aromatic heterocycles. The van der Waals surface area contributed by atoms with Crippen molar-refractivity contribution in [3.05, 3.63) is 54.1 Å². The molecule has 0 spiro atoms. The standard InChI is InChI=1S/C20H25N3O3/c1-4-26-19-11-5-16(6-12-19)13-23(3)14-20(25)22-18-9-7-17(8-10-18)21-15(2)24/h5-12H,4,13-14H2,1-3H3,(H,21,24)(H,22,25)/p+1. The normalized spacial score (nSPS) is 11.5. The minimum Gasteiger partial charge on any atom is -0.494 e. The highest BCUT2D eigenvalue weighted by Crippen LogP contribution is 2.13. The van der Waals surface area contributed by atoms with Crippen LogP contribution in [0.25, 0.3) is 0 Å². The second kappa shape index (κ2) is 9.58. The van der Waals surface area contributed by atoms with Gasteiger partial charge in [-0.3, -0.25) is 9.59 Å². The first-order chi connectivity index (χ1) is 12.5. The van der Waals surface area contributed by atoms with Gasteiger partial charge in [0.05, 0.1) is 13.7 Å². The van der Waals surface area contributed by atoms with Crippen molar-refractivity contribution < 1.29 is 19.2 Å². The van der Waals surface area contributed by atoms with Crippen molar-refractivity contribution in [3.8, 4) is 5.75 Å². The molecule has 2 aromatic rings. The van der Waals surface area contributed by atoms with Crippen LogP contribution in [0.15, 0.2) is 48.5 Å². The number of benzene rings is 2. The van der Waals surface area contributed by atoms with Crippen LogP contribution in [0.1, 0.15) is 19.4 Å². The minimum absolute atomic E-state index is 0.0549. The predicted molar refractivity (Wildman–Crippen MR) is 102 cm³/mol. The Morgan fingerprint density at radius 1 is 0.962 bits per heavy atom. The van der Waals surface area contributed by atoms with E-state index in [0.717, 1.165) is 22.8 Å². The van der Waals surface area contributed by atoms with Crippen LogP contribution < -0.4 is 20.3 Å². The lowest BCUT2D eigenvalue weighted by atomic mass is 10.2. The highest BCUT2D eigenvalue weighted by Gasteiger charge is 2.11. The van der Waals surface area contributed by atoms with E-state index in [1.807, 2.05) is 38.2 Å². The molecular formula is C20H26N3O3+. The van der Waals surface area contributed by atoms with Crippen LogP contribution in [0.4, 0.5) is 11.4 Å². The Bertz CT molecular complexity index is 727. The number of nitrogens with one attached hydrogen (secondary N) is 3. The van der Waals surface area contributed by atoms with Crippen molar-refractivity contribution in [1.29, 1.82) is 0 Å². The molecule has 3 N–H and O–H groups in total. The molecule has 6 nitrogen and oxygen atoms in total. The number of likely N-dealkylation sites (N-methyl/N-ethyl adjacent to an activating group) is 1. The van der Waals surface area contributed by atoms with Crippen molar-refractivity contribution in [1.82, 2.24) is 0 Å². The first-order valence-electron chi connectivity index (χ1n) is 8.67. The quantitative estimate of drug-likeness (QED) is 0.674. The Morgan fingerprint density at radius 2 is 1.54 bits per heavy atom. The summed E-state index contributed by atoms with van der Waals surface area (Å²) in [4.78, 5) is 24.3. The number of ether oxygens (including phenoxy) is 1. The number of hydrogen-bond donors (Lipinski definition) is 3. The van der Waals surface area contributed by atoms with Crippen LogP contribution in [0.2, 0.25) is 0 Å². The highest BCUT2D eigenvalue weighted by atomic mass is 16.5. The van der Waals surface area contributed by atoms with Crippen LogP contribution in [0.5, 0.6) is 5.75 Å². The summed E-state index contributed by atoms with van der Waals surface area (Å²) in [6.45, 7) is 5.18. The second-order valence-electron chi connectivity index (χ2n) is 6.19. The Morgan fingerprint density at radius 3 is 2.08 bits per heavy atom. The van der Waals surface area contributed by atoms with Gasteiger partial charge in [0.15, 0.2) is 6.54 Å². The molecule has 0 aliphatic carbocycles. The fourth-order valence-electron chi connectivity index (χ4n) is 2.60. The number of carbonyl (C=O) groups excluding carboxylic acids is 2. The van der Waals surface area contributed by atoms with Crippen molar-refractivity contribution in [2.45, 2.75) is 20.4 Å². The zero-order valence-electron chi connectivity index (χ0n) is 15.5. The monoisotopic (exact) mass is 356 g/mol. The Balaban J connectivity index is 1.81. The SMILES string of the molecule is CCOc1ccc(C[NH+](C)CC(=O)Nc2ccc(NC(C)=O)cc2)cc1. The zero-order chi connectivity index (χ0) is 18.9. The maximum absolute atomic E-state index is 12.2. The van der Waals surface area contributed by atoms with Gasteiger partial charge in [0.25, 0.3) is 5.91 Å². The molecule has 26 heavy (non-hydrogen) atoms. The molecule has 1 atom stereocenters. The minimum atomic E-state index is -0.124. The number of amides is 2. The molecule has 138 valence electrons. The van der Waals surface area contributed by atoms with Crippen LogP contribution in [-0.4, -0.2) is 32.0 Å². The van der Waals surface area contributed by atoms with Crippen LogP contribution in [0, 0.1) is 0 Å². The predicted octanol–water partition coefficient (Wildman–Crippen LogP) is 1.70. The molecule has 2 amide bonds. The number of hydrogen-bond acceptors (Lipinski definition) is 3. The molecule has 0 saturated carbocycles. The lowest BCUT2D eigenvalue weighted by Crippen LogP contribution is -3.08. The van der Waals surface area contributed by atoms with E-state index < -0.39 is 0 Å². The van der Waals surface area contributed by atoms with Gasteiger partial charge in [-0.05, 0) is 55.5 Å². The van der Waals surface area contributed by atoms with Gasteiger partial charge >= 0.3 is 0 Å². The van der Waals surface area contributed by atoms with Gasteiger partial charge in [0, 0.05) is 23.9 Å². The first kappa shape index (κ1) is 19.5. The fourth-order valence-corrected chi connectivity index (χ4v) is 2.60. The number of rotatable bonds is 8. The summed E-state index contributed by atoms with van der Waals surface area (Å²) >= 11 is 0. The van der Waals surface area contributed by atoms with E-state index in [1.165, 1.54) is 6.92 Å². The molecule has 0 bridgehead atoms. The van der Waals surface area contributed by atoms with Gasteiger partial charge in [-0.15, -0.1) is 0 Å². The van der Waals surface area contributed by atoms with Gasteiger partial charge in [0.1, 0.15) is 12.3 Å². The summed E-state index contributed by atoms with van der Waals surface area (Å²) in [6, 6.07) is 15.0. The van der Waals surface area contributed by atoms with Gasteiger partial charge in [-0.2, -0.15) is 0 Å². The molecule has 0 heterocycles. The third kappa shape index (κ3) is 6.57. The summed E-state index contributed by atoms with van der Waals surface area (Å²) in [7, 11) is 1.98. The smallest absolute Gasteiger partial charge is 0.279 e. The summed E-state index contributed by atoms with van der Waals surface area (Å²) in [5.74, 6) is 0.677. The van der Waals surface area contributed by atoms with E-state index in [2.05, 4.69) is 10.6 Å². The fraction of sp³-hybridized carbons (Fsp3) is 0.300. The number of quaternary nitrogens is 1. The van der Waals surface area contributed by atoms with Gasteiger partial charge in [-0.1, -0.05) is 0 Å². The third-order valence-corrected chi connectivity index (χ3v) is 3.69. The molecule has 2 rings (SSSR count). The van der Waals surface area contributed by atoms with Crippen LogP contribution in [-0.2, 0) is 16.1 Å². The highest BCUT2D eigenvalue weighted by molar-refractivity contribution is 5.92. The third-order valence-electron chi connectivity index (χ3n) is 3.69. The summed E-state index contributed by atoms with van der Waals surface area (Å²) in [5, 5.41) is 5.56. The topological polar surface area (TPSA) is 71.9 Å². The lowest BCUT2D eigenvalue weighted by molar-refractivity contribution is -0.885. The number of carbonyl (C=O) groups is 2. The average Bonchev–Trinajstić information content (AvgIpc) is 2.58. The van der Waals surface area contributed by atoms with Crippen molar-refractivity contribution in [3.63, 3.8) is 0 Å². The average molecular weight is 356 g/mol. The largest absolute Gasteiger partial charge is 0.494 e. The molecule has 1 unspecified atom stereocenters.